The molecule has 4 nitrogen and oxygen atoms in total. The second-order valence-electron chi connectivity index (χ2n) is 9.80. The van der Waals surface area contributed by atoms with Gasteiger partial charge in [0.05, 0.1) is 22.1 Å². The SMILES string of the molecule is c1ccc(-n2c3ccccc3c3c4c5ccccc5n5c4c(cc32)C2[NH2+]c3ccccc3N=C25)cc1. The molecule has 0 fully saturated rings. The van der Waals surface area contributed by atoms with E-state index in [9.17, 15) is 0 Å². The fraction of sp³-hybridized carbons (Fsp3) is 0.0312. The van der Waals surface area contributed by atoms with Gasteiger partial charge in [-0.15, -0.1) is 0 Å². The maximum atomic E-state index is 5.23. The first-order valence-corrected chi connectivity index (χ1v) is 12.5. The number of quaternary nitrogens is 1. The van der Waals surface area contributed by atoms with Crippen molar-refractivity contribution in [1.82, 2.24) is 9.13 Å². The zero-order valence-electron chi connectivity index (χ0n) is 19.4. The van der Waals surface area contributed by atoms with E-state index >= 15 is 0 Å². The van der Waals surface area contributed by atoms with Crippen LogP contribution in [0.5, 0.6) is 0 Å². The number of nitrogens with two attached hydrogens (primary N) is 1. The summed E-state index contributed by atoms with van der Waals surface area (Å²) in [4.78, 5) is 5.23. The molecule has 0 spiro atoms. The Kier molecular flexibility index (Phi) is 3.37. The van der Waals surface area contributed by atoms with E-state index in [0.29, 0.717) is 0 Å². The van der Waals surface area contributed by atoms with Gasteiger partial charge in [0.1, 0.15) is 5.69 Å². The van der Waals surface area contributed by atoms with Crippen molar-refractivity contribution in [1.29, 1.82) is 0 Å². The van der Waals surface area contributed by atoms with Crippen LogP contribution in [0.25, 0.3) is 49.3 Å². The van der Waals surface area contributed by atoms with E-state index in [1.54, 1.807) is 0 Å². The predicted octanol–water partition coefficient (Wildman–Crippen LogP) is 6.73. The minimum Gasteiger partial charge on any atom is -0.309 e. The molecule has 4 heterocycles. The lowest BCUT2D eigenvalue weighted by molar-refractivity contribution is -0.599. The summed E-state index contributed by atoms with van der Waals surface area (Å²) in [7, 11) is 0. The summed E-state index contributed by atoms with van der Waals surface area (Å²) >= 11 is 0. The zero-order chi connectivity index (χ0) is 23.4. The molecule has 0 amide bonds. The van der Waals surface area contributed by atoms with Crippen LogP contribution in [-0.4, -0.2) is 15.0 Å². The number of benzene rings is 5. The second-order valence-corrected chi connectivity index (χ2v) is 9.80. The molecule has 7 aromatic rings. The van der Waals surface area contributed by atoms with E-state index in [2.05, 4.69) is 124 Å². The zero-order valence-corrected chi connectivity index (χ0v) is 19.4. The molecular formula is C32H21N4+. The molecule has 1 unspecified atom stereocenters. The van der Waals surface area contributed by atoms with Gasteiger partial charge in [-0.3, -0.25) is 9.88 Å². The van der Waals surface area contributed by atoms with Gasteiger partial charge in [-0.05, 0) is 36.4 Å². The fourth-order valence-electron chi connectivity index (χ4n) is 6.57. The van der Waals surface area contributed by atoms with Gasteiger partial charge in [-0.2, -0.15) is 0 Å². The van der Waals surface area contributed by atoms with Crippen molar-refractivity contribution < 1.29 is 5.32 Å². The van der Waals surface area contributed by atoms with Crippen molar-refractivity contribution in [3.05, 3.63) is 115 Å². The quantitative estimate of drug-likeness (QED) is 0.263. The van der Waals surface area contributed by atoms with Crippen molar-refractivity contribution >= 4 is 60.8 Å². The Morgan fingerprint density at radius 3 is 2.11 bits per heavy atom. The first-order chi connectivity index (χ1) is 17.9. The van der Waals surface area contributed by atoms with E-state index in [-0.39, 0.29) is 6.04 Å². The summed E-state index contributed by atoms with van der Waals surface area (Å²) in [5, 5.41) is 7.62. The van der Waals surface area contributed by atoms with E-state index in [0.717, 1.165) is 11.5 Å². The maximum Gasteiger partial charge on any atom is 0.178 e. The van der Waals surface area contributed by atoms with Gasteiger partial charge < -0.3 is 4.57 Å². The average molecular weight is 462 g/mol. The summed E-state index contributed by atoms with van der Waals surface area (Å²) in [6.45, 7) is 0. The molecule has 2 aromatic heterocycles. The van der Waals surface area contributed by atoms with Crippen LogP contribution >= 0.6 is 0 Å². The third-order valence-corrected chi connectivity index (χ3v) is 7.98. The van der Waals surface area contributed by atoms with Crippen molar-refractivity contribution in [3.8, 4) is 5.69 Å². The number of nitrogens with zero attached hydrogens (tertiary/aromatic N) is 3. The summed E-state index contributed by atoms with van der Waals surface area (Å²) in [6, 6.07) is 39.4. The van der Waals surface area contributed by atoms with Crippen molar-refractivity contribution in [2.24, 2.45) is 4.99 Å². The summed E-state index contributed by atoms with van der Waals surface area (Å²) < 4.78 is 4.85. The molecule has 36 heavy (non-hydrogen) atoms. The summed E-state index contributed by atoms with van der Waals surface area (Å²) in [5.74, 6) is 1.11. The van der Waals surface area contributed by atoms with Crippen LogP contribution in [-0.2, 0) is 0 Å². The lowest BCUT2D eigenvalue weighted by atomic mass is 9.98. The van der Waals surface area contributed by atoms with Gasteiger partial charge in [0.2, 0.25) is 0 Å². The Morgan fingerprint density at radius 1 is 0.611 bits per heavy atom. The summed E-state index contributed by atoms with van der Waals surface area (Å²) in [6.07, 6.45) is 0. The standard InChI is InChI=1S/C32H20N4/c1-2-10-19(11-3-1)35-25-16-8-4-12-20(25)28-27(35)18-22-30-32(34-24-15-7-6-14-23(24)33-30)36-26-17-9-5-13-21(26)29(28)31(22)36/h1-18,30,33H/p+1. The lowest BCUT2D eigenvalue weighted by Crippen LogP contribution is -2.81. The van der Waals surface area contributed by atoms with Crippen LogP contribution in [0.1, 0.15) is 11.6 Å². The highest BCUT2D eigenvalue weighted by Crippen LogP contribution is 2.47. The number of hydrogen-bond donors (Lipinski definition) is 1. The highest BCUT2D eigenvalue weighted by molar-refractivity contribution is 6.32. The molecule has 9 rings (SSSR count). The topological polar surface area (TPSA) is 38.8 Å². The van der Waals surface area contributed by atoms with Crippen LogP contribution in [0.4, 0.5) is 11.4 Å². The van der Waals surface area contributed by atoms with Gasteiger partial charge in [0, 0.05) is 38.9 Å². The molecule has 0 radical (unpaired) electrons. The third kappa shape index (κ3) is 2.16. The molecule has 2 aliphatic rings. The predicted molar refractivity (Wildman–Crippen MR) is 147 cm³/mol. The van der Waals surface area contributed by atoms with Gasteiger partial charge in [-0.25, -0.2) is 4.99 Å². The highest BCUT2D eigenvalue weighted by atomic mass is 15.2. The molecule has 168 valence electrons. The Bertz CT molecular complexity index is 2070. The second kappa shape index (κ2) is 6.51. The van der Waals surface area contributed by atoms with Gasteiger partial charge >= 0.3 is 0 Å². The van der Waals surface area contributed by atoms with Gasteiger partial charge in [0.15, 0.2) is 17.6 Å². The first kappa shape index (κ1) is 18.6. The molecule has 4 heteroatoms. The molecule has 0 saturated heterocycles. The molecule has 2 N–H and O–H groups in total. The minimum absolute atomic E-state index is 0.133. The third-order valence-electron chi connectivity index (χ3n) is 7.98. The van der Waals surface area contributed by atoms with Gasteiger partial charge in [-0.1, -0.05) is 66.7 Å². The molecule has 2 aliphatic heterocycles. The van der Waals surface area contributed by atoms with E-state index in [1.807, 2.05) is 0 Å². The van der Waals surface area contributed by atoms with E-state index in [1.165, 1.54) is 60.5 Å². The molecule has 0 bridgehead atoms. The number of para-hydroxylation sites is 5. The van der Waals surface area contributed by atoms with E-state index < -0.39 is 0 Å². The van der Waals surface area contributed by atoms with Crippen molar-refractivity contribution in [3.63, 3.8) is 0 Å². The Labute approximate surface area is 206 Å². The van der Waals surface area contributed by atoms with Gasteiger partial charge in [0.25, 0.3) is 0 Å². The summed E-state index contributed by atoms with van der Waals surface area (Å²) in [5.41, 5.74) is 9.79. The monoisotopic (exact) mass is 461 g/mol. The molecule has 5 aromatic carbocycles. The smallest absolute Gasteiger partial charge is 0.178 e. The van der Waals surface area contributed by atoms with Crippen molar-refractivity contribution in [2.45, 2.75) is 6.04 Å². The van der Waals surface area contributed by atoms with Crippen LogP contribution < -0.4 is 5.32 Å². The normalized spacial score (nSPS) is 16.1. The number of aliphatic imine (C=N–C) groups is 1. The van der Waals surface area contributed by atoms with Crippen LogP contribution in [0.2, 0.25) is 0 Å². The number of fused-ring (bicyclic) bond motifs is 11. The highest BCUT2D eigenvalue weighted by Gasteiger charge is 2.40. The molecule has 1 atom stereocenters. The Balaban J connectivity index is 1.53. The minimum atomic E-state index is 0.133. The lowest BCUT2D eigenvalue weighted by Gasteiger charge is -2.19. The van der Waals surface area contributed by atoms with Crippen LogP contribution in [0.15, 0.2) is 114 Å². The maximum absolute atomic E-state index is 5.23. The van der Waals surface area contributed by atoms with Crippen molar-refractivity contribution in [2.75, 3.05) is 0 Å². The number of rotatable bonds is 1. The Hall–Kier alpha value is -4.67. The fourth-order valence-corrected chi connectivity index (χ4v) is 6.57. The van der Waals surface area contributed by atoms with Crippen LogP contribution in [0.3, 0.4) is 0 Å². The Morgan fingerprint density at radius 2 is 1.28 bits per heavy atom. The molecular weight excluding hydrogens is 440 g/mol. The van der Waals surface area contributed by atoms with E-state index in [4.69, 9.17) is 4.99 Å². The first-order valence-electron chi connectivity index (χ1n) is 12.5. The molecule has 0 aliphatic carbocycles. The number of aromatic nitrogens is 2. The average Bonchev–Trinajstić information content (AvgIpc) is 3.56. The largest absolute Gasteiger partial charge is 0.309 e. The van der Waals surface area contributed by atoms with Crippen LogP contribution in [0, 0.1) is 0 Å². The molecule has 0 saturated carbocycles. The number of hydrogen-bond acceptors (Lipinski definition) is 1.